The molecular weight excluding hydrogens is 238 g/mol. The molecule has 0 aromatic heterocycles. The summed E-state index contributed by atoms with van der Waals surface area (Å²) in [5.74, 6) is 0.909. The van der Waals surface area contributed by atoms with E-state index in [0.717, 1.165) is 24.3 Å². The van der Waals surface area contributed by atoms with Gasteiger partial charge >= 0.3 is 0 Å². The van der Waals surface area contributed by atoms with Crippen LogP contribution in [0.5, 0.6) is 5.75 Å². The summed E-state index contributed by atoms with van der Waals surface area (Å²) in [5.41, 5.74) is 2.43. The fourth-order valence-corrected chi connectivity index (χ4v) is 1.92. The first kappa shape index (κ1) is 16.0. The van der Waals surface area contributed by atoms with Crippen LogP contribution in [0.25, 0.3) is 0 Å². The van der Waals surface area contributed by atoms with E-state index in [9.17, 15) is 5.11 Å². The fraction of sp³-hybridized carbons (Fsp3) is 0.625. The average Bonchev–Trinajstić information content (AvgIpc) is 2.37. The third-order valence-electron chi connectivity index (χ3n) is 3.19. The maximum Gasteiger partial charge on any atom is 0.122 e. The van der Waals surface area contributed by atoms with Crippen molar-refractivity contribution >= 4 is 0 Å². The van der Waals surface area contributed by atoms with Gasteiger partial charge in [0.05, 0.1) is 12.7 Å². The van der Waals surface area contributed by atoms with Crippen LogP contribution >= 0.6 is 0 Å². The molecule has 1 aromatic carbocycles. The zero-order valence-electron chi connectivity index (χ0n) is 12.6. The summed E-state index contributed by atoms with van der Waals surface area (Å²) in [4.78, 5) is 0. The van der Waals surface area contributed by atoms with Crippen LogP contribution in [0, 0.1) is 6.92 Å². The van der Waals surface area contributed by atoms with Crippen LogP contribution in [0.1, 0.15) is 50.8 Å². The van der Waals surface area contributed by atoms with Gasteiger partial charge in [-0.25, -0.2) is 0 Å². The highest BCUT2D eigenvalue weighted by Crippen LogP contribution is 2.23. The summed E-state index contributed by atoms with van der Waals surface area (Å²) in [6.07, 6.45) is 1.50. The smallest absolute Gasteiger partial charge is 0.122 e. The third kappa shape index (κ3) is 5.62. The Bertz CT molecular complexity index is 377. The molecule has 108 valence electrons. The molecule has 2 N–H and O–H groups in total. The standard InChI is InChI=1S/C16H27NO2/c1-5-9-17-14(4)15-6-7-16(12(2)11-15)19-10-8-13(3)18/h6-7,11,13-14,17-18H,5,8-10H2,1-4H3. The van der Waals surface area contributed by atoms with Gasteiger partial charge < -0.3 is 15.2 Å². The van der Waals surface area contributed by atoms with E-state index in [1.807, 2.05) is 6.07 Å². The van der Waals surface area contributed by atoms with E-state index in [0.29, 0.717) is 19.1 Å². The Morgan fingerprint density at radius 1 is 1.32 bits per heavy atom. The SMILES string of the molecule is CCCNC(C)c1ccc(OCCC(C)O)c(C)c1. The van der Waals surface area contributed by atoms with Crippen molar-refractivity contribution in [3.63, 3.8) is 0 Å². The second-order valence-electron chi connectivity index (χ2n) is 5.19. The third-order valence-corrected chi connectivity index (χ3v) is 3.19. The van der Waals surface area contributed by atoms with Gasteiger partial charge in [-0.05, 0) is 50.9 Å². The molecule has 0 heterocycles. The quantitative estimate of drug-likeness (QED) is 0.758. The van der Waals surface area contributed by atoms with Gasteiger partial charge in [0, 0.05) is 12.5 Å². The van der Waals surface area contributed by atoms with Crippen LogP contribution in [-0.4, -0.2) is 24.4 Å². The topological polar surface area (TPSA) is 41.5 Å². The van der Waals surface area contributed by atoms with Crippen molar-refractivity contribution in [2.75, 3.05) is 13.2 Å². The molecule has 0 saturated heterocycles. The van der Waals surface area contributed by atoms with Gasteiger partial charge in [0.2, 0.25) is 0 Å². The summed E-state index contributed by atoms with van der Waals surface area (Å²) in [6, 6.07) is 6.67. The monoisotopic (exact) mass is 265 g/mol. The Labute approximate surface area is 117 Å². The molecule has 0 aliphatic rings. The predicted octanol–water partition coefficient (Wildman–Crippen LogP) is 3.21. The Morgan fingerprint density at radius 2 is 2.05 bits per heavy atom. The zero-order valence-corrected chi connectivity index (χ0v) is 12.6. The van der Waals surface area contributed by atoms with Crippen LogP contribution < -0.4 is 10.1 Å². The lowest BCUT2D eigenvalue weighted by molar-refractivity contribution is 0.155. The van der Waals surface area contributed by atoms with E-state index in [1.54, 1.807) is 6.92 Å². The molecule has 2 unspecified atom stereocenters. The minimum atomic E-state index is -0.308. The lowest BCUT2D eigenvalue weighted by Gasteiger charge is -2.16. The van der Waals surface area contributed by atoms with Crippen LogP contribution in [0.2, 0.25) is 0 Å². The summed E-state index contributed by atoms with van der Waals surface area (Å²) >= 11 is 0. The zero-order chi connectivity index (χ0) is 14.3. The minimum absolute atomic E-state index is 0.308. The van der Waals surface area contributed by atoms with E-state index >= 15 is 0 Å². The van der Waals surface area contributed by atoms with Gasteiger partial charge in [-0.15, -0.1) is 0 Å². The van der Waals surface area contributed by atoms with Crippen LogP contribution in [0.4, 0.5) is 0 Å². The summed E-state index contributed by atoms with van der Waals surface area (Å²) < 4.78 is 5.68. The van der Waals surface area contributed by atoms with Gasteiger partial charge in [0.15, 0.2) is 0 Å². The molecule has 0 radical (unpaired) electrons. The summed E-state index contributed by atoms with van der Waals surface area (Å²) in [7, 11) is 0. The second-order valence-corrected chi connectivity index (χ2v) is 5.19. The maximum atomic E-state index is 9.21. The largest absolute Gasteiger partial charge is 0.493 e. The Hall–Kier alpha value is -1.06. The molecule has 0 amide bonds. The maximum absolute atomic E-state index is 9.21. The molecule has 3 heteroatoms. The van der Waals surface area contributed by atoms with Crippen molar-refractivity contribution < 1.29 is 9.84 Å². The van der Waals surface area contributed by atoms with Crippen LogP contribution in [-0.2, 0) is 0 Å². The number of aliphatic hydroxyl groups is 1. The minimum Gasteiger partial charge on any atom is -0.493 e. The fourth-order valence-electron chi connectivity index (χ4n) is 1.92. The first-order chi connectivity index (χ1) is 9.04. The molecule has 19 heavy (non-hydrogen) atoms. The molecule has 2 atom stereocenters. The van der Waals surface area contributed by atoms with Crippen LogP contribution in [0.15, 0.2) is 18.2 Å². The number of hydrogen-bond donors (Lipinski definition) is 2. The molecule has 0 fully saturated rings. The molecule has 0 saturated carbocycles. The van der Waals surface area contributed by atoms with Crippen molar-refractivity contribution in [2.45, 2.75) is 52.7 Å². The van der Waals surface area contributed by atoms with E-state index in [1.165, 1.54) is 5.56 Å². The van der Waals surface area contributed by atoms with Gasteiger partial charge in [-0.3, -0.25) is 0 Å². The molecule has 1 rings (SSSR count). The van der Waals surface area contributed by atoms with Gasteiger partial charge in [0.1, 0.15) is 5.75 Å². The van der Waals surface area contributed by atoms with Crippen LogP contribution in [0.3, 0.4) is 0 Å². The Kier molecular flexibility index (Phi) is 6.89. The predicted molar refractivity (Wildman–Crippen MR) is 79.7 cm³/mol. The molecule has 0 spiro atoms. The number of rotatable bonds is 8. The lowest BCUT2D eigenvalue weighted by Crippen LogP contribution is -2.19. The van der Waals surface area contributed by atoms with E-state index in [2.05, 4.69) is 38.2 Å². The Morgan fingerprint density at radius 3 is 2.63 bits per heavy atom. The van der Waals surface area contributed by atoms with E-state index < -0.39 is 0 Å². The summed E-state index contributed by atoms with van der Waals surface area (Å²) in [6.45, 7) is 9.78. The number of aliphatic hydroxyl groups excluding tert-OH is 1. The molecular formula is C16H27NO2. The lowest BCUT2D eigenvalue weighted by atomic mass is 10.0. The second kappa shape index (κ2) is 8.18. The van der Waals surface area contributed by atoms with Crippen molar-refractivity contribution in [2.24, 2.45) is 0 Å². The molecule has 0 aliphatic carbocycles. The van der Waals surface area contributed by atoms with Crippen molar-refractivity contribution in [3.8, 4) is 5.75 Å². The van der Waals surface area contributed by atoms with Gasteiger partial charge in [0.25, 0.3) is 0 Å². The number of aryl methyl sites for hydroxylation is 1. The Balaban J connectivity index is 2.58. The normalized spacial score (nSPS) is 14.2. The first-order valence-corrected chi connectivity index (χ1v) is 7.19. The van der Waals surface area contributed by atoms with Crippen molar-refractivity contribution in [1.82, 2.24) is 5.32 Å². The highest BCUT2D eigenvalue weighted by Gasteiger charge is 2.07. The van der Waals surface area contributed by atoms with Gasteiger partial charge in [-0.2, -0.15) is 0 Å². The highest BCUT2D eigenvalue weighted by atomic mass is 16.5. The van der Waals surface area contributed by atoms with Crippen molar-refractivity contribution in [3.05, 3.63) is 29.3 Å². The summed E-state index contributed by atoms with van der Waals surface area (Å²) in [5, 5.41) is 12.7. The number of hydrogen-bond acceptors (Lipinski definition) is 3. The molecule has 3 nitrogen and oxygen atoms in total. The molecule has 0 bridgehead atoms. The van der Waals surface area contributed by atoms with Crippen molar-refractivity contribution in [1.29, 1.82) is 0 Å². The van der Waals surface area contributed by atoms with E-state index in [4.69, 9.17) is 4.74 Å². The number of ether oxygens (including phenoxy) is 1. The molecule has 1 aromatic rings. The van der Waals surface area contributed by atoms with E-state index in [-0.39, 0.29) is 6.10 Å². The molecule has 0 aliphatic heterocycles. The highest BCUT2D eigenvalue weighted by molar-refractivity contribution is 5.37. The number of benzene rings is 1. The first-order valence-electron chi connectivity index (χ1n) is 7.19. The van der Waals surface area contributed by atoms with Gasteiger partial charge in [-0.1, -0.05) is 19.1 Å². The number of nitrogens with one attached hydrogen (secondary N) is 1. The average molecular weight is 265 g/mol.